The number of anilines is 1. The Morgan fingerprint density at radius 2 is 2.04 bits per heavy atom. The molecule has 1 heterocycles. The van der Waals surface area contributed by atoms with E-state index < -0.39 is 17.6 Å². The number of halogens is 2. The van der Waals surface area contributed by atoms with Crippen LogP contribution in [0.5, 0.6) is 0 Å². The fourth-order valence-electron chi connectivity index (χ4n) is 1.78. The molecule has 0 atom stereocenters. The second-order valence-electron chi connectivity index (χ2n) is 4.26. The molecule has 1 aromatic carbocycles. The van der Waals surface area contributed by atoms with Gasteiger partial charge in [-0.25, -0.2) is 9.78 Å². The van der Waals surface area contributed by atoms with Crippen LogP contribution in [-0.4, -0.2) is 29.7 Å². The number of rotatable bonds is 5. The van der Waals surface area contributed by atoms with Gasteiger partial charge in [0.1, 0.15) is 5.03 Å². The van der Waals surface area contributed by atoms with E-state index in [0.29, 0.717) is 5.69 Å². The van der Waals surface area contributed by atoms with Crippen LogP contribution in [0, 0.1) is 0 Å². The third-order valence-corrected chi connectivity index (χ3v) is 3.48. The molecule has 5 nitrogen and oxygen atoms in total. The molecule has 0 fully saturated rings. The molecule has 0 unspecified atom stereocenters. The molecule has 0 radical (unpaired) electrons. The number of ether oxygens (including phenoxy) is 1. The number of methoxy groups -OCH3 is 1. The summed E-state index contributed by atoms with van der Waals surface area (Å²) in [5.41, 5.74) is 0.634. The number of benzene rings is 1. The number of carbonyl (C=O) groups excluding carboxylic acids is 2. The van der Waals surface area contributed by atoms with Gasteiger partial charge >= 0.3 is 5.97 Å². The second kappa shape index (κ2) is 7.68. The van der Waals surface area contributed by atoms with Crippen molar-refractivity contribution in [3.05, 3.63) is 53.7 Å². The number of pyridine rings is 1. The number of hydrogen-bond acceptors (Lipinski definition) is 5. The highest BCUT2D eigenvalue weighted by Crippen LogP contribution is 2.26. The van der Waals surface area contributed by atoms with Crippen molar-refractivity contribution in [2.45, 2.75) is 10.8 Å². The topological polar surface area (TPSA) is 68.3 Å². The quantitative estimate of drug-likeness (QED) is 0.668. The molecule has 0 bridgehead atoms. The minimum absolute atomic E-state index is 0.0290. The summed E-state index contributed by atoms with van der Waals surface area (Å²) < 4.78 is 29.6. The van der Waals surface area contributed by atoms with Crippen molar-refractivity contribution in [2.24, 2.45) is 0 Å². The van der Waals surface area contributed by atoms with Gasteiger partial charge in [0.15, 0.2) is 0 Å². The first-order chi connectivity index (χ1) is 11.0. The molecule has 8 heteroatoms. The van der Waals surface area contributed by atoms with Gasteiger partial charge in [-0.05, 0) is 42.1 Å². The fourth-order valence-corrected chi connectivity index (χ4v) is 2.36. The van der Waals surface area contributed by atoms with Gasteiger partial charge in [-0.2, -0.15) is 8.78 Å². The highest BCUT2D eigenvalue weighted by molar-refractivity contribution is 7.99. The summed E-state index contributed by atoms with van der Waals surface area (Å²) in [7, 11) is 1.25. The molecule has 23 heavy (non-hydrogen) atoms. The van der Waals surface area contributed by atoms with E-state index in [-0.39, 0.29) is 27.9 Å². The molecular formula is C15H12F2N2O3S. The van der Waals surface area contributed by atoms with E-state index in [4.69, 9.17) is 0 Å². The van der Waals surface area contributed by atoms with E-state index in [1.807, 2.05) is 0 Å². The van der Waals surface area contributed by atoms with Gasteiger partial charge in [0.25, 0.3) is 11.7 Å². The van der Waals surface area contributed by atoms with Crippen LogP contribution in [0.4, 0.5) is 14.5 Å². The van der Waals surface area contributed by atoms with Crippen molar-refractivity contribution in [1.82, 2.24) is 4.98 Å². The Labute approximate surface area is 135 Å². The summed E-state index contributed by atoms with van der Waals surface area (Å²) in [6.45, 7) is 0. The van der Waals surface area contributed by atoms with Crippen LogP contribution in [0.25, 0.3) is 0 Å². The van der Waals surface area contributed by atoms with Gasteiger partial charge < -0.3 is 10.1 Å². The minimum Gasteiger partial charge on any atom is -0.465 e. The number of aromatic nitrogens is 1. The Morgan fingerprint density at radius 1 is 1.26 bits per heavy atom. The molecule has 1 N–H and O–H groups in total. The number of esters is 1. The van der Waals surface area contributed by atoms with Crippen LogP contribution in [0.2, 0.25) is 0 Å². The van der Waals surface area contributed by atoms with E-state index in [2.05, 4.69) is 15.0 Å². The lowest BCUT2D eigenvalue weighted by Crippen LogP contribution is -2.14. The molecule has 0 aliphatic heterocycles. The molecule has 120 valence electrons. The van der Waals surface area contributed by atoms with Crippen molar-refractivity contribution >= 4 is 29.3 Å². The zero-order valence-corrected chi connectivity index (χ0v) is 12.8. The summed E-state index contributed by atoms with van der Waals surface area (Å²) in [4.78, 5) is 27.5. The third kappa shape index (κ3) is 4.49. The predicted octanol–water partition coefficient (Wildman–Crippen LogP) is 3.44. The van der Waals surface area contributed by atoms with Crippen LogP contribution in [0.1, 0.15) is 20.7 Å². The lowest BCUT2D eigenvalue weighted by molar-refractivity contribution is 0.0600. The smallest absolute Gasteiger partial charge is 0.337 e. The normalized spacial score (nSPS) is 10.4. The summed E-state index contributed by atoms with van der Waals surface area (Å²) >= 11 is 0.196. The monoisotopic (exact) mass is 338 g/mol. The maximum Gasteiger partial charge on any atom is 0.337 e. The first-order valence-corrected chi connectivity index (χ1v) is 7.29. The first kappa shape index (κ1) is 16.9. The Balaban J connectivity index is 2.21. The maximum absolute atomic E-state index is 12.5. The number of carbonyl (C=O) groups is 2. The number of nitrogens with one attached hydrogen (secondary N) is 1. The summed E-state index contributed by atoms with van der Waals surface area (Å²) in [6, 6.07) is 8.98. The molecule has 0 aliphatic rings. The average molecular weight is 338 g/mol. The zero-order chi connectivity index (χ0) is 16.8. The Morgan fingerprint density at radius 3 is 2.74 bits per heavy atom. The lowest BCUT2D eigenvalue weighted by atomic mass is 10.2. The molecule has 2 rings (SSSR count). The van der Waals surface area contributed by atoms with E-state index in [9.17, 15) is 18.4 Å². The van der Waals surface area contributed by atoms with Gasteiger partial charge in [-0.1, -0.05) is 6.07 Å². The van der Waals surface area contributed by atoms with Gasteiger partial charge in [0.05, 0.1) is 18.2 Å². The SMILES string of the molecule is COC(=O)c1cccc(NC(=O)c2cccnc2SC(F)F)c1. The Hall–Kier alpha value is -2.48. The van der Waals surface area contributed by atoms with Crippen LogP contribution >= 0.6 is 11.8 Å². The first-order valence-electron chi connectivity index (χ1n) is 6.41. The van der Waals surface area contributed by atoms with Crippen LogP contribution < -0.4 is 5.32 Å². The van der Waals surface area contributed by atoms with Crippen molar-refractivity contribution in [3.63, 3.8) is 0 Å². The van der Waals surface area contributed by atoms with E-state index in [1.54, 1.807) is 12.1 Å². The van der Waals surface area contributed by atoms with Gasteiger partial charge in [0, 0.05) is 11.9 Å². The predicted molar refractivity (Wildman–Crippen MR) is 81.8 cm³/mol. The highest BCUT2D eigenvalue weighted by atomic mass is 32.2. The lowest BCUT2D eigenvalue weighted by Gasteiger charge is -2.09. The largest absolute Gasteiger partial charge is 0.465 e. The standard InChI is InChI=1S/C15H12F2N2O3S/c1-22-14(21)9-4-2-5-10(8-9)19-12(20)11-6-3-7-18-13(11)23-15(16)17/h2-8,15H,1H3,(H,19,20). The average Bonchev–Trinajstić information content (AvgIpc) is 2.54. The molecule has 0 aliphatic carbocycles. The number of amides is 1. The Kier molecular flexibility index (Phi) is 5.64. The zero-order valence-electron chi connectivity index (χ0n) is 12.0. The summed E-state index contributed by atoms with van der Waals surface area (Å²) in [5, 5.41) is 2.48. The van der Waals surface area contributed by atoms with Crippen LogP contribution in [0.3, 0.4) is 0 Å². The van der Waals surface area contributed by atoms with Crippen molar-refractivity contribution < 1.29 is 23.1 Å². The molecular weight excluding hydrogens is 326 g/mol. The second-order valence-corrected chi connectivity index (χ2v) is 5.24. The van der Waals surface area contributed by atoms with Gasteiger partial charge in [-0.3, -0.25) is 4.79 Å². The highest BCUT2D eigenvalue weighted by Gasteiger charge is 2.17. The number of hydrogen-bond donors (Lipinski definition) is 1. The van der Waals surface area contributed by atoms with E-state index >= 15 is 0 Å². The molecule has 1 aromatic heterocycles. The van der Waals surface area contributed by atoms with E-state index in [0.717, 1.165) is 0 Å². The maximum atomic E-state index is 12.5. The molecule has 0 spiro atoms. The van der Waals surface area contributed by atoms with Gasteiger partial charge in [0.2, 0.25) is 0 Å². The summed E-state index contributed by atoms with van der Waals surface area (Å²) in [6.07, 6.45) is 1.33. The van der Waals surface area contributed by atoms with Crippen molar-refractivity contribution in [2.75, 3.05) is 12.4 Å². The van der Waals surface area contributed by atoms with Crippen molar-refractivity contribution in [1.29, 1.82) is 0 Å². The molecule has 2 aromatic rings. The van der Waals surface area contributed by atoms with Crippen LogP contribution in [-0.2, 0) is 4.74 Å². The molecule has 0 saturated heterocycles. The fraction of sp³-hybridized carbons (Fsp3) is 0.133. The minimum atomic E-state index is -2.68. The van der Waals surface area contributed by atoms with E-state index in [1.165, 1.54) is 37.6 Å². The number of thioether (sulfide) groups is 1. The molecule has 0 saturated carbocycles. The summed E-state index contributed by atoms with van der Waals surface area (Å²) in [5.74, 6) is -3.82. The molecule has 1 amide bonds. The third-order valence-electron chi connectivity index (χ3n) is 2.76. The van der Waals surface area contributed by atoms with Crippen LogP contribution in [0.15, 0.2) is 47.6 Å². The Bertz CT molecular complexity index is 725. The van der Waals surface area contributed by atoms with Gasteiger partial charge in [-0.15, -0.1) is 0 Å². The number of nitrogens with zero attached hydrogens (tertiary/aromatic N) is 1. The number of alkyl halides is 2. The van der Waals surface area contributed by atoms with Crippen molar-refractivity contribution in [3.8, 4) is 0 Å².